The lowest BCUT2D eigenvalue weighted by molar-refractivity contribution is -0.273. The molecule has 2 heterocycles. The third-order valence-corrected chi connectivity index (χ3v) is 3.90. The van der Waals surface area contributed by atoms with E-state index in [1.807, 2.05) is 25.7 Å². The van der Waals surface area contributed by atoms with Gasteiger partial charge in [0.2, 0.25) is 5.95 Å². The second-order valence-electron chi connectivity index (χ2n) is 6.46. The number of carbonyl (C=O) groups is 1. The maximum Gasteiger partial charge on any atom is 0.223 e. The van der Waals surface area contributed by atoms with E-state index in [4.69, 9.17) is 17.3 Å². The maximum atomic E-state index is 11.5. The SMILES string of the molecule is CC(C)(C)N(C(=O)[O-])C1CCCN(c2cc(Cl)nc(N)n2)C1. The molecule has 0 bridgehead atoms. The van der Waals surface area contributed by atoms with Crippen molar-refractivity contribution in [2.45, 2.75) is 45.2 Å². The first-order valence-electron chi connectivity index (χ1n) is 7.24. The fourth-order valence-electron chi connectivity index (χ4n) is 2.93. The van der Waals surface area contributed by atoms with Gasteiger partial charge in [-0.25, -0.2) is 4.98 Å². The van der Waals surface area contributed by atoms with Crippen molar-refractivity contribution < 1.29 is 9.90 Å². The number of amides is 1. The number of rotatable bonds is 2. The number of carboxylic acid groups (broad SMARTS) is 1. The molecule has 1 aliphatic heterocycles. The minimum Gasteiger partial charge on any atom is -0.530 e. The highest BCUT2D eigenvalue weighted by Gasteiger charge is 2.32. The molecule has 0 spiro atoms. The van der Waals surface area contributed by atoms with Crippen LogP contribution in [0.1, 0.15) is 33.6 Å². The summed E-state index contributed by atoms with van der Waals surface area (Å²) in [7, 11) is 0. The zero-order chi connectivity index (χ0) is 16.5. The lowest BCUT2D eigenvalue weighted by atomic mass is 9.97. The highest BCUT2D eigenvalue weighted by atomic mass is 35.5. The monoisotopic (exact) mass is 326 g/mol. The average Bonchev–Trinajstić information content (AvgIpc) is 2.35. The highest BCUT2D eigenvalue weighted by Crippen LogP contribution is 2.27. The van der Waals surface area contributed by atoms with Gasteiger partial charge in [-0.3, -0.25) is 0 Å². The lowest BCUT2D eigenvalue weighted by Crippen LogP contribution is -2.60. The zero-order valence-corrected chi connectivity index (χ0v) is 13.8. The molecular formula is C14H21ClN5O2-. The minimum absolute atomic E-state index is 0.109. The van der Waals surface area contributed by atoms with E-state index in [9.17, 15) is 9.90 Å². The Morgan fingerprint density at radius 1 is 1.50 bits per heavy atom. The van der Waals surface area contributed by atoms with Crippen LogP contribution < -0.4 is 15.7 Å². The summed E-state index contributed by atoms with van der Waals surface area (Å²) in [6.45, 7) is 6.89. The van der Waals surface area contributed by atoms with E-state index in [2.05, 4.69) is 9.97 Å². The van der Waals surface area contributed by atoms with E-state index >= 15 is 0 Å². The molecule has 0 radical (unpaired) electrons. The van der Waals surface area contributed by atoms with Crippen LogP contribution in [0.2, 0.25) is 5.15 Å². The number of halogens is 1. The number of anilines is 2. The van der Waals surface area contributed by atoms with Gasteiger partial charge in [0.25, 0.3) is 0 Å². The summed E-state index contributed by atoms with van der Waals surface area (Å²) in [6.07, 6.45) is 0.488. The van der Waals surface area contributed by atoms with Gasteiger partial charge in [-0.05, 0) is 33.6 Å². The second-order valence-corrected chi connectivity index (χ2v) is 6.84. The van der Waals surface area contributed by atoms with E-state index in [0.29, 0.717) is 12.4 Å². The van der Waals surface area contributed by atoms with Crippen molar-refractivity contribution >= 4 is 29.5 Å². The number of carbonyl (C=O) groups excluding carboxylic acids is 1. The van der Waals surface area contributed by atoms with Gasteiger partial charge in [0.1, 0.15) is 17.1 Å². The van der Waals surface area contributed by atoms with Crippen molar-refractivity contribution in [3.05, 3.63) is 11.2 Å². The Labute approximate surface area is 135 Å². The number of aromatic nitrogens is 2. The summed E-state index contributed by atoms with van der Waals surface area (Å²) in [4.78, 5) is 22.9. The van der Waals surface area contributed by atoms with Gasteiger partial charge in [0.05, 0.1) is 0 Å². The van der Waals surface area contributed by atoms with E-state index < -0.39 is 11.6 Å². The largest absolute Gasteiger partial charge is 0.530 e. The molecule has 1 fully saturated rings. The molecule has 0 aromatic carbocycles. The number of hydrogen-bond donors (Lipinski definition) is 1. The molecule has 2 rings (SSSR count). The topological polar surface area (TPSA) is 98.4 Å². The first-order chi connectivity index (χ1) is 10.2. The number of nitrogens with zero attached hydrogens (tertiary/aromatic N) is 4. The van der Waals surface area contributed by atoms with Crippen LogP contribution in [0.5, 0.6) is 0 Å². The van der Waals surface area contributed by atoms with Crippen molar-refractivity contribution in [2.75, 3.05) is 23.7 Å². The van der Waals surface area contributed by atoms with Crippen molar-refractivity contribution in [3.8, 4) is 0 Å². The van der Waals surface area contributed by atoms with Gasteiger partial charge in [-0.1, -0.05) is 11.6 Å². The molecule has 1 saturated heterocycles. The van der Waals surface area contributed by atoms with Gasteiger partial charge in [0.15, 0.2) is 0 Å². The molecule has 1 amide bonds. The smallest absolute Gasteiger partial charge is 0.223 e. The maximum absolute atomic E-state index is 11.5. The molecule has 8 heteroatoms. The van der Waals surface area contributed by atoms with Crippen molar-refractivity contribution in [1.82, 2.24) is 14.9 Å². The molecule has 0 aliphatic carbocycles. The van der Waals surface area contributed by atoms with Crippen LogP contribution in [0.15, 0.2) is 6.07 Å². The molecule has 2 N–H and O–H groups in total. The molecule has 22 heavy (non-hydrogen) atoms. The van der Waals surface area contributed by atoms with Crippen LogP contribution >= 0.6 is 11.6 Å². The Morgan fingerprint density at radius 3 is 2.73 bits per heavy atom. The Hall–Kier alpha value is -1.76. The summed E-state index contributed by atoms with van der Waals surface area (Å²) < 4.78 is 0. The van der Waals surface area contributed by atoms with Crippen LogP contribution in [-0.4, -0.2) is 45.6 Å². The van der Waals surface area contributed by atoms with Gasteiger partial charge in [-0.15, -0.1) is 0 Å². The Morgan fingerprint density at radius 2 is 2.18 bits per heavy atom. The lowest BCUT2D eigenvalue weighted by Gasteiger charge is -2.47. The van der Waals surface area contributed by atoms with E-state index in [0.717, 1.165) is 19.4 Å². The Kier molecular flexibility index (Phi) is 4.65. The molecule has 1 aromatic heterocycles. The van der Waals surface area contributed by atoms with Crippen LogP contribution in [0, 0.1) is 0 Å². The third-order valence-electron chi connectivity index (χ3n) is 3.70. The predicted octanol–water partition coefficient (Wildman–Crippen LogP) is 1.12. The van der Waals surface area contributed by atoms with Crippen molar-refractivity contribution in [1.29, 1.82) is 0 Å². The standard InChI is InChI=1S/C14H22ClN5O2/c1-14(2,3)20(13(21)22)9-5-4-6-19(8-9)11-7-10(15)17-12(16)18-11/h7,9H,4-6,8H2,1-3H3,(H,21,22)(H2,16,17,18)/p-1. The first kappa shape index (κ1) is 16.6. The quantitative estimate of drug-likeness (QED) is 0.818. The van der Waals surface area contributed by atoms with Crippen LogP contribution in [0.25, 0.3) is 0 Å². The highest BCUT2D eigenvalue weighted by molar-refractivity contribution is 6.29. The Balaban J connectivity index is 2.22. The molecule has 1 atom stereocenters. The predicted molar refractivity (Wildman–Crippen MR) is 83.7 cm³/mol. The number of nitrogen functional groups attached to an aromatic ring is 1. The normalized spacial score (nSPS) is 19.1. The van der Waals surface area contributed by atoms with E-state index in [-0.39, 0.29) is 17.1 Å². The first-order valence-corrected chi connectivity index (χ1v) is 7.61. The van der Waals surface area contributed by atoms with Gasteiger partial charge in [0, 0.05) is 30.7 Å². The van der Waals surface area contributed by atoms with Crippen LogP contribution in [0.3, 0.4) is 0 Å². The van der Waals surface area contributed by atoms with E-state index in [1.54, 1.807) is 6.07 Å². The number of nitrogens with two attached hydrogens (primary N) is 1. The van der Waals surface area contributed by atoms with Gasteiger partial charge < -0.3 is 25.4 Å². The van der Waals surface area contributed by atoms with Gasteiger partial charge in [-0.2, -0.15) is 4.98 Å². The fraction of sp³-hybridized carbons (Fsp3) is 0.643. The molecule has 1 aliphatic rings. The molecule has 0 saturated carbocycles. The molecule has 122 valence electrons. The Bertz CT molecular complexity index is 540. The third kappa shape index (κ3) is 3.71. The summed E-state index contributed by atoms with van der Waals surface area (Å²) in [6, 6.07) is 1.48. The zero-order valence-electron chi connectivity index (χ0n) is 13.0. The fourth-order valence-corrected chi connectivity index (χ4v) is 3.11. The average molecular weight is 327 g/mol. The van der Waals surface area contributed by atoms with E-state index in [1.165, 1.54) is 4.90 Å². The van der Waals surface area contributed by atoms with Crippen molar-refractivity contribution in [3.63, 3.8) is 0 Å². The second kappa shape index (κ2) is 6.16. The number of hydrogen-bond acceptors (Lipinski definition) is 6. The minimum atomic E-state index is -1.15. The molecular weight excluding hydrogens is 306 g/mol. The number of piperidine rings is 1. The summed E-state index contributed by atoms with van der Waals surface area (Å²) in [5.74, 6) is 0.728. The van der Waals surface area contributed by atoms with Crippen LogP contribution in [0.4, 0.5) is 16.6 Å². The van der Waals surface area contributed by atoms with Crippen molar-refractivity contribution in [2.24, 2.45) is 0 Å². The summed E-state index contributed by atoms with van der Waals surface area (Å²) >= 11 is 5.92. The summed E-state index contributed by atoms with van der Waals surface area (Å²) in [5.41, 5.74) is 5.11. The van der Waals surface area contributed by atoms with Crippen LogP contribution in [-0.2, 0) is 0 Å². The summed E-state index contributed by atoms with van der Waals surface area (Å²) in [5, 5.41) is 11.8. The molecule has 1 aromatic rings. The molecule has 1 unspecified atom stereocenters. The molecule has 7 nitrogen and oxygen atoms in total. The van der Waals surface area contributed by atoms with Gasteiger partial charge >= 0.3 is 0 Å².